The van der Waals surface area contributed by atoms with Crippen LogP contribution in [0, 0.1) is 6.92 Å². The van der Waals surface area contributed by atoms with Crippen LogP contribution in [0.25, 0.3) is 10.2 Å². The molecule has 0 saturated heterocycles. The quantitative estimate of drug-likeness (QED) is 0.843. The van der Waals surface area contributed by atoms with Crippen molar-refractivity contribution in [3.05, 3.63) is 26.6 Å². The van der Waals surface area contributed by atoms with E-state index < -0.39 is 5.97 Å². The zero-order valence-corrected chi connectivity index (χ0v) is 13.5. The van der Waals surface area contributed by atoms with E-state index in [2.05, 4.69) is 10.3 Å². The highest BCUT2D eigenvalue weighted by Crippen LogP contribution is 2.34. The average molecular weight is 335 g/mol. The van der Waals surface area contributed by atoms with E-state index >= 15 is 0 Å². The van der Waals surface area contributed by atoms with E-state index in [-0.39, 0.29) is 31.0 Å². The third kappa shape index (κ3) is 2.98. The monoisotopic (exact) mass is 335 g/mol. The first-order valence-electron chi connectivity index (χ1n) is 7.47. The van der Waals surface area contributed by atoms with Crippen LogP contribution >= 0.6 is 11.3 Å². The van der Waals surface area contributed by atoms with E-state index in [0.29, 0.717) is 11.2 Å². The lowest BCUT2D eigenvalue weighted by atomic mass is 10.2. The first kappa shape index (κ1) is 15.7. The maximum atomic E-state index is 12.7. The number of nitrogens with one attached hydrogen (secondary N) is 1. The van der Waals surface area contributed by atoms with Gasteiger partial charge in [0.1, 0.15) is 17.2 Å². The summed E-state index contributed by atoms with van der Waals surface area (Å²) in [5.41, 5.74) is 0.905. The van der Waals surface area contributed by atoms with Crippen LogP contribution in [-0.4, -0.2) is 33.1 Å². The van der Waals surface area contributed by atoms with Crippen molar-refractivity contribution in [3.8, 4) is 0 Å². The van der Waals surface area contributed by atoms with Crippen LogP contribution in [0.3, 0.4) is 0 Å². The van der Waals surface area contributed by atoms with Gasteiger partial charge in [0.15, 0.2) is 0 Å². The van der Waals surface area contributed by atoms with Crippen molar-refractivity contribution in [2.24, 2.45) is 0 Å². The molecule has 0 unspecified atom stereocenters. The Morgan fingerprint density at radius 1 is 1.39 bits per heavy atom. The largest absolute Gasteiger partial charge is 0.481 e. The molecule has 0 bridgehead atoms. The second kappa shape index (κ2) is 6.11. The summed E-state index contributed by atoms with van der Waals surface area (Å²) in [6, 6.07) is 0. The van der Waals surface area contributed by atoms with E-state index in [9.17, 15) is 14.4 Å². The smallest absolute Gasteiger partial charge is 0.305 e. The van der Waals surface area contributed by atoms with Gasteiger partial charge in [-0.2, -0.15) is 0 Å². The number of carboxylic acid groups (broad SMARTS) is 1. The molecule has 2 heterocycles. The number of carbonyl (C=O) groups is 2. The number of fused-ring (bicyclic) bond motifs is 3. The zero-order valence-electron chi connectivity index (χ0n) is 12.7. The van der Waals surface area contributed by atoms with Crippen LogP contribution in [0.15, 0.2) is 4.79 Å². The summed E-state index contributed by atoms with van der Waals surface area (Å²) in [5.74, 6) is -0.865. The topological polar surface area (TPSA) is 101 Å². The predicted molar refractivity (Wildman–Crippen MR) is 85.9 cm³/mol. The van der Waals surface area contributed by atoms with Gasteiger partial charge in [-0.3, -0.25) is 19.0 Å². The van der Waals surface area contributed by atoms with E-state index in [1.165, 1.54) is 9.44 Å². The Morgan fingerprint density at radius 3 is 2.91 bits per heavy atom. The minimum atomic E-state index is -0.976. The Bertz CT molecular complexity index is 853. The number of aromatic nitrogens is 2. The van der Waals surface area contributed by atoms with E-state index in [1.807, 2.05) is 0 Å². The second-order valence-electron chi connectivity index (χ2n) is 5.58. The Morgan fingerprint density at radius 2 is 2.17 bits per heavy atom. The second-order valence-corrected chi connectivity index (χ2v) is 6.67. The van der Waals surface area contributed by atoms with Gasteiger partial charge in [-0.1, -0.05) is 0 Å². The summed E-state index contributed by atoms with van der Waals surface area (Å²) in [5, 5.41) is 11.7. The van der Waals surface area contributed by atoms with Gasteiger partial charge in [-0.05, 0) is 31.7 Å². The number of rotatable bonds is 5. The van der Waals surface area contributed by atoms with Crippen LogP contribution in [0.5, 0.6) is 0 Å². The van der Waals surface area contributed by atoms with Crippen molar-refractivity contribution in [3.63, 3.8) is 0 Å². The van der Waals surface area contributed by atoms with Crippen molar-refractivity contribution in [2.45, 2.75) is 39.2 Å². The minimum Gasteiger partial charge on any atom is -0.481 e. The molecular formula is C15H17N3O4S. The highest BCUT2D eigenvalue weighted by atomic mass is 32.1. The maximum Gasteiger partial charge on any atom is 0.305 e. The van der Waals surface area contributed by atoms with Crippen molar-refractivity contribution in [2.75, 3.05) is 6.54 Å². The predicted octanol–water partition coefficient (Wildman–Crippen LogP) is 0.846. The van der Waals surface area contributed by atoms with Crippen LogP contribution < -0.4 is 10.9 Å². The fourth-order valence-electron chi connectivity index (χ4n) is 2.87. The number of amides is 1. The molecule has 23 heavy (non-hydrogen) atoms. The fraction of sp³-hybridized carbons (Fsp3) is 0.467. The summed E-state index contributed by atoms with van der Waals surface area (Å²) in [6.45, 7) is 1.61. The maximum absolute atomic E-state index is 12.7. The summed E-state index contributed by atoms with van der Waals surface area (Å²) in [7, 11) is 0. The zero-order chi connectivity index (χ0) is 16.6. The van der Waals surface area contributed by atoms with E-state index in [4.69, 9.17) is 5.11 Å². The molecule has 0 atom stereocenters. The Hall–Kier alpha value is -2.22. The summed E-state index contributed by atoms with van der Waals surface area (Å²) >= 11 is 1.57. The van der Waals surface area contributed by atoms with Gasteiger partial charge in [0.2, 0.25) is 5.91 Å². The third-order valence-corrected chi connectivity index (χ3v) is 5.16. The summed E-state index contributed by atoms with van der Waals surface area (Å²) in [4.78, 5) is 41.6. The highest BCUT2D eigenvalue weighted by molar-refractivity contribution is 7.18. The summed E-state index contributed by atoms with van der Waals surface area (Å²) < 4.78 is 1.36. The molecule has 3 rings (SSSR count). The first-order chi connectivity index (χ1) is 11.0. The Balaban J connectivity index is 1.87. The van der Waals surface area contributed by atoms with Gasteiger partial charge in [-0.25, -0.2) is 4.98 Å². The fourth-order valence-corrected chi connectivity index (χ4v) is 4.17. The normalized spacial score (nSPS) is 13.3. The number of nitrogens with zero attached hydrogens (tertiary/aromatic N) is 2. The number of hydrogen-bond acceptors (Lipinski definition) is 5. The van der Waals surface area contributed by atoms with Gasteiger partial charge in [0.05, 0.1) is 11.8 Å². The van der Waals surface area contributed by atoms with Crippen LogP contribution in [0.4, 0.5) is 0 Å². The lowest BCUT2D eigenvalue weighted by Crippen LogP contribution is -2.34. The number of carboxylic acids is 1. The molecule has 0 saturated carbocycles. The molecule has 0 aromatic carbocycles. The average Bonchev–Trinajstić information content (AvgIpc) is 3.03. The Labute approximate surface area is 136 Å². The molecule has 122 valence electrons. The molecule has 1 amide bonds. The lowest BCUT2D eigenvalue weighted by molar-refractivity contribution is -0.136. The molecule has 8 heteroatoms. The van der Waals surface area contributed by atoms with Gasteiger partial charge in [0.25, 0.3) is 5.56 Å². The molecule has 0 spiro atoms. The van der Waals surface area contributed by atoms with Crippen molar-refractivity contribution in [1.29, 1.82) is 0 Å². The SMILES string of the molecule is Cc1nc2sc3c(c2c(=O)n1CC(=O)NCCC(=O)O)CCC3. The van der Waals surface area contributed by atoms with Gasteiger partial charge in [0, 0.05) is 11.4 Å². The molecule has 1 aliphatic rings. The number of carbonyl (C=O) groups excluding carboxylic acids is 1. The van der Waals surface area contributed by atoms with Crippen molar-refractivity contribution >= 4 is 33.4 Å². The molecule has 1 aliphatic carbocycles. The molecular weight excluding hydrogens is 318 g/mol. The van der Waals surface area contributed by atoms with Gasteiger partial charge >= 0.3 is 5.97 Å². The summed E-state index contributed by atoms with van der Waals surface area (Å²) in [6.07, 6.45) is 2.79. The minimum absolute atomic E-state index is 0.0471. The molecule has 0 aliphatic heterocycles. The van der Waals surface area contributed by atoms with E-state index in [0.717, 1.165) is 29.7 Å². The Kier molecular flexibility index (Phi) is 4.16. The molecule has 2 aromatic rings. The highest BCUT2D eigenvalue weighted by Gasteiger charge is 2.22. The third-order valence-electron chi connectivity index (χ3n) is 3.98. The molecule has 2 aromatic heterocycles. The number of aryl methyl sites for hydroxylation is 3. The number of hydrogen-bond donors (Lipinski definition) is 2. The first-order valence-corrected chi connectivity index (χ1v) is 8.29. The van der Waals surface area contributed by atoms with Crippen LogP contribution in [0.1, 0.15) is 29.1 Å². The number of thiophene rings is 1. The van der Waals surface area contributed by atoms with E-state index in [1.54, 1.807) is 18.3 Å². The number of aliphatic carboxylic acids is 1. The standard InChI is InChI=1S/C15H17N3O4S/c1-8-17-14-13(9-3-2-4-10(9)23-14)15(22)18(8)7-11(19)16-6-5-12(20)21/h2-7H2,1H3,(H,16,19)(H,20,21). The van der Waals surface area contributed by atoms with Crippen molar-refractivity contribution < 1.29 is 14.7 Å². The van der Waals surface area contributed by atoms with Crippen molar-refractivity contribution in [1.82, 2.24) is 14.9 Å². The molecule has 0 fully saturated rings. The molecule has 7 nitrogen and oxygen atoms in total. The van der Waals surface area contributed by atoms with Crippen LogP contribution in [-0.2, 0) is 29.0 Å². The lowest BCUT2D eigenvalue weighted by Gasteiger charge is -2.10. The van der Waals surface area contributed by atoms with Gasteiger partial charge in [-0.15, -0.1) is 11.3 Å². The van der Waals surface area contributed by atoms with Gasteiger partial charge < -0.3 is 10.4 Å². The molecule has 2 N–H and O–H groups in total. The van der Waals surface area contributed by atoms with Crippen LogP contribution in [0.2, 0.25) is 0 Å². The molecule has 0 radical (unpaired) electrons.